The van der Waals surface area contributed by atoms with E-state index in [2.05, 4.69) is 36.1 Å². The van der Waals surface area contributed by atoms with Crippen molar-refractivity contribution in [2.45, 2.75) is 37.3 Å². The molecule has 0 aliphatic heterocycles. The van der Waals surface area contributed by atoms with Crippen LogP contribution in [0, 0.1) is 0 Å². The Bertz CT molecular complexity index is 1230. The van der Waals surface area contributed by atoms with Gasteiger partial charge in [0.25, 0.3) is 10.0 Å². The Morgan fingerprint density at radius 3 is 1.94 bits per heavy atom. The fraction of sp³-hybridized carbons (Fsp3) is 0.227. The quantitative estimate of drug-likeness (QED) is 0.376. The van der Waals surface area contributed by atoms with E-state index in [0.29, 0.717) is 5.69 Å². The van der Waals surface area contributed by atoms with Gasteiger partial charge in [-0.2, -0.15) is 13.2 Å². The highest BCUT2D eigenvalue weighted by atomic mass is 32.2. The third kappa shape index (κ3) is 6.48. The van der Waals surface area contributed by atoms with Crippen molar-refractivity contribution in [1.82, 2.24) is 0 Å². The maximum absolute atomic E-state index is 12.7. The molecule has 0 saturated heterocycles. The van der Waals surface area contributed by atoms with Crippen LogP contribution in [0.15, 0.2) is 64.9 Å². The summed E-state index contributed by atoms with van der Waals surface area (Å²) in [6, 6.07) is 11.7. The van der Waals surface area contributed by atoms with Crippen LogP contribution in [-0.2, 0) is 21.6 Å². The third-order valence-electron chi connectivity index (χ3n) is 4.60. The zero-order valence-corrected chi connectivity index (χ0v) is 19.6. The number of rotatable bonds is 5. The molecule has 6 nitrogen and oxygen atoms in total. The molecule has 3 rings (SSSR count). The molecule has 176 valence electrons. The number of carbonyl (C=O) groups excluding carboxylic acids is 1. The molecule has 0 spiro atoms. The lowest BCUT2D eigenvalue weighted by Gasteiger charge is -2.19. The number of amides is 2. The number of anilines is 3. The predicted molar refractivity (Wildman–Crippen MR) is 124 cm³/mol. The molecule has 0 saturated carbocycles. The van der Waals surface area contributed by atoms with Gasteiger partial charge in [-0.1, -0.05) is 32.9 Å². The number of halogens is 3. The Morgan fingerprint density at radius 1 is 0.848 bits per heavy atom. The van der Waals surface area contributed by atoms with Crippen molar-refractivity contribution < 1.29 is 26.4 Å². The first-order valence-corrected chi connectivity index (χ1v) is 12.1. The highest BCUT2D eigenvalue weighted by molar-refractivity contribution is 7.92. The van der Waals surface area contributed by atoms with Gasteiger partial charge in [0.15, 0.2) is 0 Å². The Labute approximate surface area is 193 Å². The van der Waals surface area contributed by atoms with Crippen molar-refractivity contribution in [1.29, 1.82) is 0 Å². The SMILES string of the molecule is CC(C)(C)c1ccc(NC(=O)Nc2cc(S(=O)(=O)Nc3ccc(C(F)(F)F)cc3)cs2)cc1. The Balaban J connectivity index is 1.63. The number of carbonyl (C=O) groups is 1. The first-order valence-electron chi connectivity index (χ1n) is 9.71. The number of urea groups is 1. The van der Waals surface area contributed by atoms with Gasteiger partial charge in [-0.3, -0.25) is 10.0 Å². The fourth-order valence-corrected chi connectivity index (χ4v) is 5.02. The summed E-state index contributed by atoms with van der Waals surface area (Å²) in [6.45, 7) is 6.24. The first-order chi connectivity index (χ1) is 15.2. The predicted octanol–water partition coefficient (Wildman–Crippen LogP) is 6.51. The smallest absolute Gasteiger partial charge is 0.308 e. The lowest BCUT2D eigenvalue weighted by atomic mass is 9.87. The van der Waals surface area contributed by atoms with Gasteiger partial charge in [0.05, 0.1) is 10.6 Å². The highest BCUT2D eigenvalue weighted by Gasteiger charge is 2.30. The van der Waals surface area contributed by atoms with Crippen molar-refractivity contribution in [3.05, 3.63) is 71.1 Å². The fourth-order valence-electron chi connectivity index (χ4n) is 2.79. The van der Waals surface area contributed by atoms with E-state index in [1.54, 1.807) is 12.1 Å². The largest absolute Gasteiger partial charge is 0.416 e. The van der Waals surface area contributed by atoms with Gasteiger partial charge in [0.1, 0.15) is 4.90 Å². The van der Waals surface area contributed by atoms with Gasteiger partial charge < -0.3 is 5.32 Å². The van der Waals surface area contributed by atoms with Crippen LogP contribution in [0.2, 0.25) is 0 Å². The minimum atomic E-state index is -4.51. The van der Waals surface area contributed by atoms with Gasteiger partial charge in [-0.05, 0) is 53.4 Å². The van der Waals surface area contributed by atoms with E-state index in [1.165, 1.54) is 11.4 Å². The number of thiophene rings is 1. The third-order valence-corrected chi connectivity index (χ3v) is 6.95. The normalized spacial score (nSPS) is 12.3. The second kappa shape index (κ2) is 9.06. The Hall–Kier alpha value is -3.05. The van der Waals surface area contributed by atoms with E-state index in [1.807, 2.05) is 12.1 Å². The first kappa shape index (κ1) is 24.6. The summed E-state index contributed by atoms with van der Waals surface area (Å²) in [5, 5.41) is 6.84. The molecule has 3 aromatic rings. The van der Waals surface area contributed by atoms with Crippen molar-refractivity contribution in [2.24, 2.45) is 0 Å². The van der Waals surface area contributed by atoms with Crippen LogP contribution < -0.4 is 15.4 Å². The topological polar surface area (TPSA) is 87.3 Å². The number of sulfonamides is 1. The van der Waals surface area contributed by atoms with Crippen molar-refractivity contribution in [3.8, 4) is 0 Å². The van der Waals surface area contributed by atoms with Crippen LogP contribution in [0.25, 0.3) is 0 Å². The van der Waals surface area contributed by atoms with E-state index in [-0.39, 0.29) is 21.0 Å². The summed E-state index contributed by atoms with van der Waals surface area (Å²) in [4.78, 5) is 12.1. The molecule has 33 heavy (non-hydrogen) atoms. The molecule has 0 fully saturated rings. The number of nitrogens with one attached hydrogen (secondary N) is 3. The van der Waals surface area contributed by atoms with E-state index in [4.69, 9.17) is 0 Å². The summed E-state index contributed by atoms with van der Waals surface area (Å²) in [6.07, 6.45) is -4.51. The average molecular weight is 498 g/mol. The molecule has 3 N–H and O–H groups in total. The van der Waals surface area contributed by atoms with E-state index in [0.717, 1.165) is 41.2 Å². The molecule has 11 heteroatoms. The van der Waals surface area contributed by atoms with E-state index < -0.39 is 27.8 Å². The van der Waals surface area contributed by atoms with Crippen molar-refractivity contribution in [2.75, 3.05) is 15.4 Å². The minimum Gasteiger partial charge on any atom is -0.308 e. The molecule has 0 aliphatic rings. The highest BCUT2D eigenvalue weighted by Crippen LogP contribution is 2.31. The Kier molecular flexibility index (Phi) is 6.75. The van der Waals surface area contributed by atoms with E-state index in [9.17, 15) is 26.4 Å². The van der Waals surface area contributed by atoms with Gasteiger partial charge in [-0.15, -0.1) is 11.3 Å². The van der Waals surface area contributed by atoms with Gasteiger partial charge in [0.2, 0.25) is 0 Å². The maximum Gasteiger partial charge on any atom is 0.416 e. The van der Waals surface area contributed by atoms with Crippen LogP contribution in [0.1, 0.15) is 31.9 Å². The molecule has 0 aliphatic carbocycles. The van der Waals surface area contributed by atoms with Crippen LogP contribution in [0.3, 0.4) is 0 Å². The zero-order chi connectivity index (χ0) is 24.4. The second-order valence-electron chi connectivity index (χ2n) is 8.23. The molecule has 0 radical (unpaired) electrons. The second-order valence-corrected chi connectivity index (χ2v) is 10.8. The summed E-state index contributed by atoms with van der Waals surface area (Å²) in [7, 11) is -4.05. The van der Waals surface area contributed by atoms with Crippen LogP contribution >= 0.6 is 11.3 Å². The summed E-state index contributed by atoms with van der Waals surface area (Å²) < 4.78 is 65.2. The minimum absolute atomic E-state index is 0.0137. The van der Waals surface area contributed by atoms with Crippen LogP contribution in [0.5, 0.6) is 0 Å². The summed E-state index contributed by atoms with van der Waals surface area (Å²) in [5.41, 5.74) is 0.774. The number of benzene rings is 2. The summed E-state index contributed by atoms with van der Waals surface area (Å²) >= 11 is 0.998. The van der Waals surface area contributed by atoms with Crippen LogP contribution in [-0.4, -0.2) is 14.4 Å². The molecule has 0 unspecified atom stereocenters. The number of hydrogen-bond acceptors (Lipinski definition) is 4. The summed E-state index contributed by atoms with van der Waals surface area (Å²) in [5.74, 6) is 0. The Morgan fingerprint density at radius 2 is 1.39 bits per heavy atom. The van der Waals surface area contributed by atoms with Gasteiger partial charge in [-0.25, -0.2) is 13.2 Å². The molecule has 1 heterocycles. The maximum atomic E-state index is 12.7. The molecule has 0 bridgehead atoms. The monoisotopic (exact) mass is 497 g/mol. The van der Waals surface area contributed by atoms with Crippen molar-refractivity contribution >= 4 is 43.8 Å². The average Bonchev–Trinajstić information content (AvgIpc) is 3.16. The molecular formula is C22H22F3N3O3S2. The van der Waals surface area contributed by atoms with Gasteiger partial charge in [0, 0.05) is 16.8 Å². The lowest BCUT2D eigenvalue weighted by molar-refractivity contribution is -0.137. The molecule has 1 aromatic heterocycles. The van der Waals surface area contributed by atoms with Crippen molar-refractivity contribution in [3.63, 3.8) is 0 Å². The molecular weight excluding hydrogens is 475 g/mol. The van der Waals surface area contributed by atoms with Crippen LogP contribution in [0.4, 0.5) is 34.3 Å². The van der Waals surface area contributed by atoms with Gasteiger partial charge >= 0.3 is 12.2 Å². The number of hydrogen-bond donors (Lipinski definition) is 3. The number of alkyl halides is 3. The lowest BCUT2D eigenvalue weighted by Crippen LogP contribution is -2.19. The molecule has 2 amide bonds. The molecule has 0 atom stereocenters. The van der Waals surface area contributed by atoms with E-state index >= 15 is 0 Å². The standard InChI is InChI=1S/C22H22F3N3O3S2/c1-21(2,3)14-4-8-16(9-5-14)26-20(29)27-19-12-18(13-32-19)33(30,31)28-17-10-6-15(7-11-17)22(23,24)25/h4-13,28H,1-3H3,(H2,26,27,29). The zero-order valence-electron chi connectivity index (χ0n) is 17.9. The molecule has 2 aromatic carbocycles.